The molecule has 2 heteroatoms. The van der Waals surface area contributed by atoms with Gasteiger partial charge in [0.1, 0.15) is 11.5 Å². The zero-order chi connectivity index (χ0) is 20.3. The maximum absolute atomic E-state index is 6.02. The van der Waals surface area contributed by atoms with E-state index < -0.39 is 0 Å². The molecular weight excluding hydrogens is 356 g/mol. The molecule has 1 aliphatic carbocycles. The van der Waals surface area contributed by atoms with Gasteiger partial charge >= 0.3 is 0 Å². The molecule has 3 rings (SSSR count). The van der Waals surface area contributed by atoms with Gasteiger partial charge in [0.25, 0.3) is 0 Å². The van der Waals surface area contributed by atoms with Crippen LogP contribution in [0.5, 0.6) is 11.5 Å². The van der Waals surface area contributed by atoms with E-state index in [2.05, 4.69) is 25.7 Å². The first kappa shape index (κ1) is 21.3. The van der Waals surface area contributed by atoms with Crippen LogP contribution in [0.4, 0.5) is 0 Å². The summed E-state index contributed by atoms with van der Waals surface area (Å²) >= 11 is 0. The normalized spacial score (nSPS) is 18.6. The quantitative estimate of drug-likeness (QED) is 0.362. The molecule has 0 unspecified atom stereocenters. The van der Waals surface area contributed by atoms with Crippen molar-refractivity contribution in [3.63, 3.8) is 0 Å². The van der Waals surface area contributed by atoms with Crippen LogP contribution in [0.2, 0.25) is 0 Å². The molecule has 0 radical (unpaired) electrons. The SMILES string of the molecule is CCCCOc1ccc(C#Cc2ccc(OCC3CCC(CC)CC3)cc2)cc1. The van der Waals surface area contributed by atoms with E-state index in [1.165, 1.54) is 32.1 Å². The summed E-state index contributed by atoms with van der Waals surface area (Å²) in [6, 6.07) is 16.2. The van der Waals surface area contributed by atoms with Crippen LogP contribution in [-0.2, 0) is 0 Å². The minimum atomic E-state index is 0.714. The fourth-order valence-electron chi connectivity index (χ4n) is 3.77. The van der Waals surface area contributed by atoms with E-state index in [1.54, 1.807) is 0 Å². The van der Waals surface area contributed by atoms with Crippen molar-refractivity contribution in [1.82, 2.24) is 0 Å². The van der Waals surface area contributed by atoms with E-state index in [4.69, 9.17) is 9.47 Å². The first-order valence-corrected chi connectivity index (χ1v) is 11.2. The van der Waals surface area contributed by atoms with Crippen molar-refractivity contribution in [3.8, 4) is 23.3 Å². The molecular formula is C27H34O2. The Hall–Kier alpha value is -2.40. The Morgan fingerprint density at radius 3 is 1.76 bits per heavy atom. The largest absolute Gasteiger partial charge is 0.494 e. The van der Waals surface area contributed by atoms with Gasteiger partial charge in [-0.05, 0) is 79.6 Å². The summed E-state index contributed by atoms with van der Waals surface area (Å²) in [5.41, 5.74) is 2.00. The van der Waals surface area contributed by atoms with Crippen LogP contribution >= 0.6 is 0 Å². The summed E-state index contributed by atoms with van der Waals surface area (Å²) in [5, 5.41) is 0. The molecule has 0 aliphatic heterocycles. The molecule has 0 saturated heterocycles. The Kier molecular flexibility index (Phi) is 8.50. The summed E-state index contributed by atoms with van der Waals surface area (Å²) < 4.78 is 11.7. The van der Waals surface area contributed by atoms with Crippen LogP contribution in [0, 0.1) is 23.7 Å². The first-order chi connectivity index (χ1) is 14.3. The van der Waals surface area contributed by atoms with Gasteiger partial charge in [-0.1, -0.05) is 51.4 Å². The molecule has 1 fully saturated rings. The van der Waals surface area contributed by atoms with E-state index >= 15 is 0 Å². The summed E-state index contributed by atoms with van der Waals surface area (Å²) in [4.78, 5) is 0. The molecule has 29 heavy (non-hydrogen) atoms. The number of hydrogen-bond donors (Lipinski definition) is 0. The maximum Gasteiger partial charge on any atom is 0.119 e. The molecule has 0 aromatic heterocycles. The predicted octanol–water partition coefficient (Wildman–Crippen LogP) is 6.86. The minimum Gasteiger partial charge on any atom is -0.494 e. The highest BCUT2D eigenvalue weighted by Gasteiger charge is 2.20. The molecule has 154 valence electrons. The second-order valence-electron chi connectivity index (χ2n) is 8.11. The number of ether oxygens (including phenoxy) is 2. The minimum absolute atomic E-state index is 0.714. The highest BCUT2D eigenvalue weighted by atomic mass is 16.5. The lowest BCUT2D eigenvalue weighted by atomic mass is 9.81. The van der Waals surface area contributed by atoms with Crippen molar-refractivity contribution < 1.29 is 9.47 Å². The summed E-state index contributed by atoms with van der Waals surface area (Å²) in [6.45, 7) is 6.09. The van der Waals surface area contributed by atoms with Crippen LogP contribution in [0.3, 0.4) is 0 Å². The van der Waals surface area contributed by atoms with Crippen LogP contribution < -0.4 is 9.47 Å². The predicted molar refractivity (Wildman–Crippen MR) is 121 cm³/mol. The van der Waals surface area contributed by atoms with Crippen molar-refractivity contribution >= 4 is 0 Å². The third kappa shape index (κ3) is 7.17. The second kappa shape index (κ2) is 11.6. The molecule has 0 bridgehead atoms. The van der Waals surface area contributed by atoms with Crippen molar-refractivity contribution in [2.24, 2.45) is 11.8 Å². The van der Waals surface area contributed by atoms with Gasteiger partial charge in [-0.15, -0.1) is 0 Å². The lowest BCUT2D eigenvalue weighted by molar-refractivity contribution is 0.181. The van der Waals surface area contributed by atoms with Crippen LogP contribution in [-0.4, -0.2) is 13.2 Å². The van der Waals surface area contributed by atoms with Gasteiger partial charge in [-0.2, -0.15) is 0 Å². The molecule has 0 heterocycles. The van der Waals surface area contributed by atoms with E-state index in [9.17, 15) is 0 Å². The maximum atomic E-state index is 6.02. The van der Waals surface area contributed by atoms with Crippen molar-refractivity contribution in [1.29, 1.82) is 0 Å². The Morgan fingerprint density at radius 2 is 1.24 bits per heavy atom. The highest BCUT2D eigenvalue weighted by molar-refractivity contribution is 5.45. The third-order valence-electron chi connectivity index (χ3n) is 5.86. The van der Waals surface area contributed by atoms with Crippen molar-refractivity contribution in [2.75, 3.05) is 13.2 Å². The van der Waals surface area contributed by atoms with Gasteiger partial charge in [-0.3, -0.25) is 0 Å². The molecule has 2 aromatic carbocycles. The highest BCUT2D eigenvalue weighted by Crippen LogP contribution is 2.31. The van der Waals surface area contributed by atoms with Gasteiger partial charge in [0.05, 0.1) is 13.2 Å². The molecule has 1 aliphatic rings. The Labute approximate surface area is 176 Å². The molecule has 0 atom stereocenters. The summed E-state index contributed by atoms with van der Waals surface area (Å²) in [5.74, 6) is 9.96. The zero-order valence-electron chi connectivity index (χ0n) is 18.0. The Balaban J connectivity index is 1.46. The van der Waals surface area contributed by atoms with Crippen LogP contribution in [0.25, 0.3) is 0 Å². The van der Waals surface area contributed by atoms with Gasteiger partial charge in [0, 0.05) is 11.1 Å². The van der Waals surface area contributed by atoms with E-state index in [-0.39, 0.29) is 0 Å². The fraction of sp³-hybridized carbons (Fsp3) is 0.481. The van der Waals surface area contributed by atoms with Crippen LogP contribution in [0.15, 0.2) is 48.5 Å². The molecule has 2 aromatic rings. The van der Waals surface area contributed by atoms with E-state index in [0.29, 0.717) is 5.92 Å². The first-order valence-electron chi connectivity index (χ1n) is 11.2. The Morgan fingerprint density at radius 1 is 0.724 bits per heavy atom. The van der Waals surface area contributed by atoms with Crippen molar-refractivity contribution in [2.45, 2.75) is 58.8 Å². The fourth-order valence-corrected chi connectivity index (χ4v) is 3.77. The van der Waals surface area contributed by atoms with Gasteiger partial charge < -0.3 is 9.47 Å². The van der Waals surface area contributed by atoms with Gasteiger partial charge in [0.2, 0.25) is 0 Å². The van der Waals surface area contributed by atoms with E-state index in [1.807, 2.05) is 48.5 Å². The number of hydrogen-bond acceptors (Lipinski definition) is 2. The average molecular weight is 391 g/mol. The van der Waals surface area contributed by atoms with E-state index in [0.717, 1.165) is 54.6 Å². The topological polar surface area (TPSA) is 18.5 Å². The van der Waals surface area contributed by atoms with Crippen molar-refractivity contribution in [3.05, 3.63) is 59.7 Å². The summed E-state index contributed by atoms with van der Waals surface area (Å²) in [6.07, 6.45) is 8.91. The molecule has 0 N–H and O–H groups in total. The monoisotopic (exact) mass is 390 g/mol. The van der Waals surface area contributed by atoms with Gasteiger partial charge in [0.15, 0.2) is 0 Å². The number of benzene rings is 2. The smallest absolute Gasteiger partial charge is 0.119 e. The van der Waals surface area contributed by atoms with Crippen LogP contribution in [0.1, 0.15) is 69.9 Å². The standard InChI is InChI=1S/C27H34O2/c1-3-5-20-28-26-16-12-23(13-17-26)8-9-24-14-18-27(19-15-24)29-21-25-10-6-22(4-2)7-11-25/h12-19,22,25H,3-7,10-11,20-21H2,1-2H3. The average Bonchev–Trinajstić information content (AvgIpc) is 2.78. The van der Waals surface area contributed by atoms with Gasteiger partial charge in [-0.25, -0.2) is 0 Å². The molecule has 0 amide bonds. The summed E-state index contributed by atoms with van der Waals surface area (Å²) in [7, 11) is 0. The second-order valence-corrected chi connectivity index (χ2v) is 8.11. The lowest BCUT2D eigenvalue weighted by Gasteiger charge is -2.27. The lowest BCUT2D eigenvalue weighted by Crippen LogP contribution is -2.19. The third-order valence-corrected chi connectivity index (χ3v) is 5.86. The number of rotatable bonds is 8. The number of unbranched alkanes of at least 4 members (excludes halogenated alkanes) is 1. The molecule has 0 spiro atoms. The zero-order valence-corrected chi connectivity index (χ0v) is 18.0. The molecule has 2 nitrogen and oxygen atoms in total. The Bertz CT molecular complexity index is 772. The molecule has 1 saturated carbocycles.